The van der Waals surface area contributed by atoms with Gasteiger partial charge in [0.2, 0.25) is 0 Å². The monoisotopic (exact) mass is 1070 g/mol. The van der Waals surface area contributed by atoms with Crippen molar-refractivity contribution in [2.24, 2.45) is 0 Å². The van der Waals surface area contributed by atoms with Gasteiger partial charge in [-0.3, -0.25) is 23.4 Å². The second kappa shape index (κ2) is 56.9. The van der Waals surface area contributed by atoms with Crippen molar-refractivity contribution in [3.63, 3.8) is 0 Å². The number of hydrogen-bond acceptors (Lipinski definition) is 10. The minimum Gasteiger partial charge on any atom is -0.462 e. The van der Waals surface area contributed by atoms with E-state index in [1.54, 1.807) is 0 Å². The number of esters is 3. The van der Waals surface area contributed by atoms with E-state index in [0.717, 1.165) is 83.5 Å². The molecule has 0 aliphatic carbocycles. The molecule has 434 valence electrons. The van der Waals surface area contributed by atoms with Crippen molar-refractivity contribution in [2.75, 3.05) is 26.4 Å². The molecule has 11 nitrogen and oxygen atoms in total. The maximum absolute atomic E-state index is 12.9. The number of phosphoric acid groups is 1. The fourth-order valence-corrected chi connectivity index (χ4v) is 9.52. The number of allylic oxidation sites excluding steroid dienone is 6. The number of phosphoric ester groups is 1. The maximum atomic E-state index is 12.9. The van der Waals surface area contributed by atoms with Gasteiger partial charge in [0.25, 0.3) is 0 Å². The Labute approximate surface area is 454 Å². The van der Waals surface area contributed by atoms with E-state index in [1.165, 1.54) is 161 Å². The molecule has 0 saturated heterocycles. The zero-order valence-electron chi connectivity index (χ0n) is 48.1. The fraction of sp³-hybridized carbons (Fsp3) is 0.855. The predicted molar refractivity (Wildman–Crippen MR) is 307 cm³/mol. The van der Waals surface area contributed by atoms with E-state index in [9.17, 15) is 28.9 Å². The molecule has 0 aliphatic heterocycles. The van der Waals surface area contributed by atoms with Crippen molar-refractivity contribution in [3.05, 3.63) is 36.5 Å². The lowest BCUT2D eigenvalue weighted by Gasteiger charge is -2.21. The van der Waals surface area contributed by atoms with Crippen LogP contribution in [-0.2, 0) is 42.2 Å². The van der Waals surface area contributed by atoms with Crippen molar-refractivity contribution >= 4 is 25.7 Å². The van der Waals surface area contributed by atoms with Crippen LogP contribution in [0.2, 0.25) is 0 Å². The van der Waals surface area contributed by atoms with Gasteiger partial charge >= 0.3 is 25.7 Å². The van der Waals surface area contributed by atoms with Crippen LogP contribution in [0.5, 0.6) is 0 Å². The molecule has 0 aromatic heterocycles. The lowest BCUT2D eigenvalue weighted by atomic mass is 10.1. The summed E-state index contributed by atoms with van der Waals surface area (Å²) in [5, 5.41) is 9.83. The van der Waals surface area contributed by atoms with Crippen molar-refractivity contribution in [1.82, 2.24) is 0 Å². The van der Waals surface area contributed by atoms with E-state index in [-0.39, 0.29) is 25.9 Å². The smallest absolute Gasteiger partial charge is 0.462 e. The number of rotatable bonds is 58. The van der Waals surface area contributed by atoms with Crippen LogP contribution in [0.25, 0.3) is 0 Å². The minimum atomic E-state index is -4.75. The molecule has 0 amide bonds. The first kappa shape index (κ1) is 71.7. The number of carbonyl (C=O) groups excluding carboxylic acids is 3. The van der Waals surface area contributed by atoms with Gasteiger partial charge in [-0.2, -0.15) is 0 Å². The van der Waals surface area contributed by atoms with E-state index < -0.39 is 57.8 Å². The van der Waals surface area contributed by atoms with E-state index in [2.05, 4.69) is 57.2 Å². The minimum absolute atomic E-state index is 0.166. The Morgan fingerprint density at radius 2 is 0.635 bits per heavy atom. The number of unbranched alkanes of at least 4 members (excludes halogenated alkanes) is 35. The summed E-state index contributed by atoms with van der Waals surface area (Å²) in [5.41, 5.74) is 0. The van der Waals surface area contributed by atoms with Crippen LogP contribution in [0.4, 0.5) is 0 Å². The zero-order valence-corrected chi connectivity index (χ0v) is 49.0. The third-order valence-electron chi connectivity index (χ3n) is 13.5. The van der Waals surface area contributed by atoms with Gasteiger partial charge in [-0.25, -0.2) is 4.57 Å². The average molecular weight is 1070 g/mol. The highest BCUT2D eigenvalue weighted by Crippen LogP contribution is 2.43. The number of carbonyl (C=O) groups is 3. The highest BCUT2D eigenvalue weighted by atomic mass is 31.2. The number of aliphatic hydroxyl groups is 1. The summed E-state index contributed by atoms with van der Waals surface area (Å²) in [4.78, 5) is 48.6. The average Bonchev–Trinajstić information content (AvgIpc) is 3.39. The van der Waals surface area contributed by atoms with E-state index in [4.69, 9.17) is 23.3 Å². The molecular formula is C62H115O11P. The molecule has 0 spiro atoms. The quantitative estimate of drug-likeness (QED) is 0.0197. The standard InChI is InChI=1S/C62H115O11P/c1-4-7-10-13-16-19-22-24-26-28-29-31-33-35-38-41-44-47-50-53-62(66)73-59(55-69-60(64)51-48-45-42-39-36-21-18-15-12-9-6-3)57-71-74(67,68)70-56-58(54-63)72-61(65)52-49-46-43-40-37-34-32-30-27-25-23-20-17-14-11-8-5-2/h15,18,24-27,58-59,63H,4-14,16-17,19-23,28-57H2,1-3H3,(H,67,68)/b18-15-,26-24-,27-25-. The highest BCUT2D eigenvalue weighted by Gasteiger charge is 2.28. The number of hydrogen-bond donors (Lipinski definition) is 2. The van der Waals surface area contributed by atoms with Crippen LogP contribution in [0.1, 0.15) is 303 Å². The Hall–Kier alpha value is -2.30. The van der Waals surface area contributed by atoms with E-state index in [1.807, 2.05) is 0 Å². The molecule has 74 heavy (non-hydrogen) atoms. The Morgan fingerprint density at radius 1 is 0.365 bits per heavy atom. The molecule has 3 unspecified atom stereocenters. The second-order valence-corrected chi connectivity index (χ2v) is 22.3. The topological polar surface area (TPSA) is 155 Å². The molecule has 0 aliphatic rings. The third kappa shape index (κ3) is 54.5. The van der Waals surface area contributed by atoms with Crippen molar-refractivity contribution in [1.29, 1.82) is 0 Å². The van der Waals surface area contributed by atoms with Gasteiger partial charge < -0.3 is 24.2 Å². The molecule has 0 bridgehead atoms. The molecule has 0 fully saturated rings. The molecule has 0 radical (unpaired) electrons. The highest BCUT2D eigenvalue weighted by molar-refractivity contribution is 7.47. The van der Waals surface area contributed by atoms with Gasteiger partial charge in [0.15, 0.2) is 6.10 Å². The summed E-state index contributed by atoms with van der Waals surface area (Å²) < 4.78 is 39.6. The van der Waals surface area contributed by atoms with Crippen molar-refractivity contribution in [2.45, 2.75) is 315 Å². The molecule has 2 N–H and O–H groups in total. The summed E-state index contributed by atoms with van der Waals surface area (Å²) in [5.74, 6) is -1.46. The Kier molecular flexibility index (Phi) is 55.1. The van der Waals surface area contributed by atoms with Gasteiger partial charge in [-0.05, 0) is 89.9 Å². The molecule has 0 rings (SSSR count). The van der Waals surface area contributed by atoms with Crippen LogP contribution in [-0.4, -0.2) is 66.5 Å². The molecule has 0 saturated carbocycles. The fourth-order valence-electron chi connectivity index (χ4n) is 8.74. The molecule has 0 heterocycles. The third-order valence-corrected chi connectivity index (χ3v) is 14.5. The lowest BCUT2D eigenvalue weighted by Crippen LogP contribution is -2.30. The van der Waals surface area contributed by atoms with Crippen LogP contribution in [0.3, 0.4) is 0 Å². The lowest BCUT2D eigenvalue weighted by molar-refractivity contribution is -0.161. The van der Waals surface area contributed by atoms with Gasteiger partial charge in [-0.15, -0.1) is 0 Å². The second-order valence-electron chi connectivity index (χ2n) is 20.9. The Balaban J connectivity index is 4.62. The number of ether oxygens (including phenoxy) is 3. The first-order valence-corrected chi connectivity index (χ1v) is 32.4. The van der Waals surface area contributed by atoms with Crippen molar-refractivity contribution in [3.8, 4) is 0 Å². The summed E-state index contributed by atoms with van der Waals surface area (Å²) in [6.07, 6.45) is 59.6. The van der Waals surface area contributed by atoms with Gasteiger partial charge in [0, 0.05) is 19.3 Å². The molecule has 0 aromatic carbocycles. The molecule has 0 aromatic rings. The molecular weight excluding hydrogens is 952 g/mol. The van der Waals surface area contributed by atoms with Crippen LogP contribution < -0.4 is 0 Å². The van der Waals surface area contributed by atoms with E-state index >= 15 is 0 Å². The summed E-state index contributed by atoms with van der Waals surface area (Å²) in [6.45, 7) is 4.63. The van der Waals surface area contributed by atoms with Crippen LogP contribution in [0, 0.1) is 0 Å². The number of aliphatic hydroxyl groups excluding tert-OH is 1. The Morgan fingerprint density at radius 3 is 0.973 bits per heavy atom. The summed E-state index contributed by atoms with van der Waals surface area (Å²) in [7, 11) is -4.75. The summed E-state index contributed by atoms with van der Waals surface area (Å²) in [6, 6.07) is 0. The normalized spacial score (nSPS) is 13.5. The largest absolute Gasteiger partial charge is 0.472 e. The van der Waals surface area contributed by atoms with Gasteiger partial charge in [-0.1, -0.05) is 231 Å². The summed E-state index contributed by atoms with van der Waals surface area (Å²) >= 11 is 0. The Bertz CT molecular complexity index is 1380. The molecule has 3 atom stereocenters. The van der Waals surface area contributed by atoms with Crippen molar-refractivity contribution < 1.29 is 52.2 Å². The zero-order chi connectivity index (χ0) is 54.1. The van der Waals surface area contributed by atoms with Crippen LogP contribution in [0.15, 0.2) is 36.5 Å². The maximum Gasteiger partial charge on any atom is 0.472 e. The van der Waals surface area contributed by atoms with E-state index in [0.29, 0.717) is 19.3 Å². The van der Waals surface area contributed by atoms with Crippen LogP contribution >= 0.6 is 7.82 Å². The first-order chi connectivity index (χ1) is 36.2. The SMILES string of the molecule is CCCC/C=C\CCCCCCCC(=O)OCC(COP(=O)(O)OCC(CO)OC(=O)CCCCCCCCC/C=C\CCCCCCCC)OC(=O)CCCCCCCCCCC/C=C\CCCCCCCC. The first-order valence-electron chi connectivity index (χ1n) is 30.9. The molecule has 12 heteroatoms. The predicted octanol–water partition coefficient (Wildman–Crippen LogP) is 18.4. The van der Waals surface area contributed by atoms with Gasteiger partial charge in [0.05, 0.1) is 19.8 Å². The van der Waals surface area contributed by atoms with Gasteiger partial charge in [0.1, 0.15) is 12.7 Å².